The van der Waals surface area contributed by atoms with Gasteiger partial charge in [0.05, 0.1) is 11.0 Å². The second-order valence-corrected chi connectivity index (χ2v) is 5.24. The molecule has 0 atom stereocenters. The highest BCUT2D eigenvalue weighted by Crippen LogP contribution is 2.19. The van der Waals surface area contributed by atoms with Crippen LogP contribution in [0.4, 0.5) is 11.8 Å². The van der Waals surface area contributed by atoms with Crippen molar-refractivity contribution in [2.45, 2.75) is 6.54 Å². The number of pyridine rings is 1. The maximum atomic E-state index is 5.61. The lowest BCUT2D eigenvalue weighted by Crippen LogP contribution is -2.08. The quantitative estimate of drug-likeness (QED) is 0.600. The van der Waals surface area contributed by atoms with E-state index < -0.39 is 0 Å². The van der Waals surface area contributed by atoms with E-state index in [1.165, 1.54) is 0 Å². The average molecular weight is 317 g/mol. The van der Waals surface area contributed by atoms with Crippen LogP contribution in [-0.4, -0.2) is 24.5 Å². The molecule has 4 aromatic rings. The van der Waals surface area contributed by atoms with Crippen molar-refractivity contribution < 1.29 is 0 Å². The fraction of sp³-hybridized carbons (Fsp3) is 0.0588. The maximum absolute atomic E-state index is 5.61. The van der Waals surface area contributed by atoms with Gasteiger partial charge >= 0.3 is 0 Å². The van der Waals surface area contributed by atoms with E-state index in [0.29, 0.717) is 12.4 Å². The number of rotatable bonds is 4. The number of aromatic nitrogens is 5. The van der Waals surface area contributed by atoms with E-state index >= 15 is 0 Å². The molecular formula is C17H15N7. The minimum Gasteiger partial charge on any atom is -0.368 e. The van der Waals surface area contributed by atoms with Crippen LogP contribution >= 0.6 is 0 Å². The Kier molecular flexibility index (Phi) is 3.51. The van der Waals surface area contributed by atoms with Crippen molar-refractivity contribution in [3.8, 4) is 5.82 Å². The average Bonchev–Trinajstić information content (AvgIpc) is 3.04. The van der Waals surface area contributed by atoms with Crippen molar-refractivity contribution in [2.24, 2.45) is 0 Å². The Hall–Kier alpha value is -3.48. The van der Waals surface area contributed by atoms with Gasteiger partial charge in [-0.3, -0.25) is 4.57 Å². The Balaban J connectivity index is 1.68. The van der Waals surface area contributed by atoms with Gasteiger partial charge in [0.1, 0.15) is 18.0 Å². The predicted octanol–water partition coefficient (Wildman–Crippen LogP) is 2.40. The van der Waals surface area contributed by atoms with Gasteiger partial charge in [0.25, 0.3) is 0 Å². The molecule has 4 rings (SSSR count). The Morgan fingerprint density at radius 3 is 2.79 bits per heavy atom. The van der Waals surface area contributed by atoms with Crippen LogP contribution in [0.15, 0.2) is 61.2 Å². The number of para-hydroxylation sites is 2. The van der Waals surface area contributed by atoms with Crippen LogP contribution in [0.3, 0.4) is 0 Å². The van der Waals surface area contributed by atoms with Crippen molar-refractivity contribution in [3.63, 3.8) is 0 Å². The molecule has 3 N–H and O–H groups in total. The van der Waals surface area contributed by atoms with Gasteiger partial charge in [0.2, 0.25) is 5.95 Å². The summed E-state index contributed by atoms with van der Waals surface area (Å²) in [6.45, 7) is 0.562. The first-order chi connectivity index (χ1) is 11.8. The van der Waals surface area contributed by atoms with Crippen LogP contribution in [0.2, 0.25) is 0 Å². The third kappa shape index (κ3) is 2.63. The summed E-state index contributed by atoms with van der Waals surface area (Å²) in [5.41, 5.74) is 8.59. The maximum Gasteiger partial charge on any atom is 0.221 e. The zero-order valence-corrected chi connectivity index (χ0v) is 12.8. The van der Waals surface area contributed by atoms with Crippen LogP contribution in [0.1, 0.15) is 5.56 Å². The third-order valence-corrected chi connectivity index (χ3v) is 3.68. The molecule has 0 bridgehead atoms. The van der Waals surface area contributed by atoms with E-state index in [-0.39, 0.29) is 5.95 Å². The highest BCUT2D eigenvalue weighted by Gasteiger charge is 2.10. The highest BCUT2D eigenvalue weighted by atomic mass is 15.1. The molecule has 1 aromatic carbocycles. The first kappa shape index (κ1) is 14.1. The lowest BCUT2D eigenvalue weighted by Gasteiger charge is -2.11. The van der Waals surface area contributed by atoms with Crippen molar-refractivity contribution in [1.29, 1.82) is 0 Å². The molecule has 0 amide bonds. The fourth-order valence-electron chi connectivity index (χ4n) is 2.57. The molecule has 7 nitrogen and oxygen atoms in total. The summed E-state index contributed by atoms with van der Waals surface area (Å²) in [4.78, 5) is 17.0. The van der Waals surface area contributed by atoms with Crippen molar-refractivity contribution in [1.82, 2.24) is 24.5 Å². The SMILES string of the molecule is Nc1nccc(NCc2cccnc2-n2cnc3ccccc32)n1. The molecule has 118 valence electrons. The number of hydrogen-bond donors (Lipinski definition) is 2. The molecular weight excluding hydrogens is 302 g/mol. The largest absolute Gasteiger partial charge is 0.368 e. The zero-order valence-electron chi connectivity index (χ0n) is 12.8. The van der Waals surface area contributed by atoms with E-state index in [1.807, 2.05) is 41.0 Å². The van der Waals surface area contributed by atoms with Crippen molar-refractivity contribution in [3.05, 3.63) is 66.7 Å². The smallest absolute Gasteiger partial charge is 0.221 e. The van der Waals surface area contributed by atoms with Crippen LogP contribution in [0.25, 0.3) is 16.9 Å². The second kappa shape index (κ2) is 5.96. The van der Waals surface area contributed by atoms with E-state index in [2.05, 4.69) is 25.3 Å². The van der Waals surface area contributed by atoms with Crippen LogP contribution in [-0.2, 0) is 6.54 Å². The standard InChI is InChI=1S/C17H15N7/c18-17-20-9-7-15(23-17)21-10-12-4-3-8-19-16(12)24-11-22-13-5-1-2-6-14(13)24/h1-9,11H,10H2,(H3,18,20,21,23). The van der Waals surface area contributed by atoms with Gasteiger partial charge in [-0.1, -0.05) is 18.2 Å². The normalized spacial score (nSPS) is 10.8. The van der Waals surface area contributed by atoms with E-state index in [4.69, 9.17) is 5.73 Å². The summed E-state index contributed by atoms with van der Waals surface area (Å²) in [6, 6.07) is 13.7. The molecule has 0 aliphatic rings. The summed E-state index contributed by atoms with van der Waals surface area (Å²) in [6.07, 6.45) is 5.19. The van der Waals surface area contributed by atoms with Crippen LogP contribution < -0.4 is 11.1 Å². The van der Waals surface area contributed by atoms with E-state index in [1.54, 1.807) is 24.8 Å². The molecule has 0 saturated carbocycles. The first-order valence-electron chi connectivity index (χ1n) is 7.50. The molecule has 24 heavy (non-hydrogen) atoms. The first-order valence-corrected chi connectivity index (χ1v) is 7.50. The van der Waals surface area contributed by atoms with E-state index in [0.717, 1.165) is 22.4 Å². The number of fused-ring (bicyclic) bond motifs is 1. The number of nitrogens with zero attached hydrogens (tertiary/aromatic N) is 5. The molecule has 0 unspecified atom stereocenters. The third-order valence-electron chi connectivity index (χ3n) is 3.68. The number of nitrogens with one attached hydrogen (secondary N) is 1. The number of anilines is 2. The summed E-state index contributed by atoms with van der Waals surface area (Å²) >= 11 is 0. The van der Waals surface area contributed by atoms with Crippen LogP contribution in [0, 0.1) is 0 Å². The van der Waals surface area contributed by atoms with Gasteiger partial charge < -0.3 is 11.1 Å². The molecule has 0 aliphatic carbocycles. The minimum absolute atomic E-state index is 0.243. The van der Waals surface area contributed by atoms with Gasteiger partial charge in [-0.05, 0) is 24.3 Å². The molecule has 3 aromatic heterocycles. The Morgan fingerprint density at radius 1 is 0.958 bits per heavy atom. The Morgan fingerprint density at radius 2 is 1.88 bits per heavy atom. The molecule has 0 aliphatic heterocycles. The number of hydrogen-bond acceptors (Lipinski definition) is 6. The predicted molar refractivity (Wildman–Crippen MR) is 92.6 cm³/mol. The van der Waals surface area contributed by atoms with Crippen LogP contribution in [0.5, 0.6) is 0 Å². The summed E-state index contributed by atoms with van der Waals surface area (Å²) in [7, 11) is 0. The van der Waals surface area contributed by atoms with Gasteiger partial charge in [-0.25, -0.2) is 15.0 Å². The molecule has 0 saturated heterocycles. The van der Waals surface area contributed by atoms with Gasteiger partial charge in [-0.15, -0.1) is 0 Å². The minimum atomic E-state index is 0.243. The lowest BCUT2D eigenvalue weighted by molar-refractivity contribution is 0.966. The molecule has 3 heterocycles. The molecule has 0 spiro atoms. The Bertz CT molecular complexity index is 993. The fourth-order valence-corrected chi connectivity index (χ4v) is 2.57. The molecule has 7 heteroatoms. The number of benzene rings is 1. The van der Waals surface area contributed by atoms with Gasteiger partial charge in [0.15, 0.2) is 0 Å². The van der Waals surface area contributed by atoms with Crippen molar-refractivity contribution in [2.75, 3.05) is 11.1 Å². The number of nitrogens with two attached hydrogens (primary N) is 1. The summed E-state index contributed by atoms with van der Waals surface area (Å²) < 4.78 is 1.99. The zero-order chi connectivity index (χ0) is 16.4. The van der Waals surface area contributed by atoms with Gasteiger partial charge in [-0.2, -0.15) is 4.98 Å². The summed E-state index contributed by atoms with van der Waals surface area (Å²) in [5, 5.41) is 3.25. The number of imidazole rings is 1. The van der Waals surface area contributed by atoms with E-state index in [9.17, 15) is 0 Å². The molecule has 0 radical (unpaired) electrons. The topological polar surface area (TPSA) is 94.5 Å². The second-order valence-electron chi connectivity index (χ2n) is 5.24. The number of nitrogen functional groups attached to an aromatic ring is 1. The van der Waals surface area contributed by atoms with Crippen molar-refractivity contribution >= 4 is 22.8 Å². The Labute approximate surface area is 138 Å². The highest BCUT2D eigenvalue weighted by molar-refractivity contribution is 5.77. The molecule has 0 fully saturated rings. The summed E-state index contributed by atoms with van der Waals surface area (Å²) in [5.74, 6) is 1.75. The lowest BCUT2D eigenvalue weighted by atomic mass is 10.2. The monoisotopic (exact) mass is 317 g/mol. The van der Waals surface area contributed by atoms with Gasteiger partial charge in [0, 0.05) is 24.5 Å².